The maximum absolute atomic E-state index is 5.23. The summed E-state index contributed by atoms with van der Waals surface area (Å²) < 4.78 is 1.15. The van der Waals surface area contributed by atoms with Gasteiger partial charge in [-0.25, -0.2) is 0 Å². The van der Waals surface area contributed by atoms with Crippen molar-refractivity contribution in [3.8, 4) is 0 Å². The zero-order chi connectivity index (χ0) is 10.9. The molecule has 79 valence electrons. The highest BCUT2D eigenvalue weighted by Gasteiger charge is 1.92. The lowest BCUT2D eigenvalue weighted by atomic mass is 10.1. The molecule has 0 aromatic heterocycles. The third-order valence-electron chi connectivity index (χ3n) is 2.25. The average Bonchev–Trinajstić information content (AvgIpc) is 2.26. The normalized spacial score (nSPS) is 10.7. The molecule has 0 N–H and O–H groups in total. The van der Waals surface area contributed by atoms with Gasteiger partial charge in [-0.15, -0.1) is 0 Å². The molecule has 0 heterocycles. The van der Waals surface area contributed by atoms with Crippen molar-refractivity contribution in [1.29, 1.82) is 0 Å². The number of benzene rings is 1. The van der Waals surface area contributed by atoms with E-state index in [-0.39, 0.29) is 0 Å². The predicted octanol–water partition coefficient (Wildman–Crippen LogP) is 4.71. The van der Waals surface area contributed by atoms with Crippen LogP contribution in [0.3, 0.4) is 0 Å². The molecular weight excluding hydrogens is 248 g/mol. The lowest BCUT2D eigenvalue weighted by Gasteiger charge is -2.00. The van der Waals surface area contributed by atoms with E-state index in [2.05, 4.69) is 46.3 Å². The van der Waals surface area contributed by atoms with Crippen molar-refractivity contribution >= 4 is 15.9 Å². The Hall–Kier alpha value is -0.820. The lowest BCUT2D eigenvalue weighted by Crippen LogP contribution is -1.84. The van der Waals surface area contributed by atoms with Crippen molar-refractivity contribution < 1.29 is 0 Å². The fourth-order valence-corrected chi connectivity index (χ4v) is 1.68. The topological polar surface area (TPSA) is 0 Å². The van der Waals surface area contributed by atoms with E-state index in [1.54, 1.807) is 6.08 Å². The molecule has 1 radical (unpaired) electrons. The van der Waals surface area contributed by atoms with Crippen LogP contribution in [0.2, 0.25) is 0 Å². The SMILES string of the molecule is [CH]=CC=CCCCCc1ccc(Br)cc1. The third kappa shape index (κ3) is 5.58. The molecule has 0 amide bonds. The smallest absolute Gasteiger partial charge is 0.0175 e. The molecule has 0 saturated carbocycles. The first-order valence-corrected chi connectivity index (χ1v) is 6.07. The monoisotopic (exact) mass is 263 g/mol. The predicted molar refractivity (Wildman–Crippen MR) is 69.7 cm³/mol. The Morgan fingerprint density at radius 2 is 1.87 bits per heavy atom. The van der Waals surface area contributed by atoms with E-state index >= 15 is 0 Å². The van der Waals surface area contributed by atoms with Crippen molar-refractivity contribution in [2.45, 2.75) is 25.7 Å². The Kier molecular flexibility index (Phi) is 6.10. The van der Waals surface area contributed by atoms with Gasteiger partial charge in [0.1, 0.15) is 0 Å². The Morgan fingerprint density at radius 1 is 1.13 bits per heavy atom. The van der Waals surface area contributed by atoms with Crippen molar-refractivity contribution in [2.24, 2.45) is 0 Å². The molecule has 1 heteroatoms. The number of unbranched alkanes of at least 4 members (excludes halogenated alkanes) is 2. The van der Waals surface area contributed by atoms with Gasteiger partial charge in [-0.1, -0.05) is 52.9 Å². The van der Waals surface area contributed by atoms with E-state index in [9.17, 15) is 0 Å². The van der Waals surface area contributed by atoms with Crippen LogP contribution in [0.15, 0.2) is 47.0 Å². The third-order valence-corrected chi connectivity index (χ3v) is 2.78. The van der Waals surface area contributed by atoms with Gasteiger partial charge in [0.05, 0.1) is 0 Å². The Balaban J connectivity index is 2.17. The fourth-order valence-electron chi connectivity index (χ4n) is 1.42. The summed E-state index contributed by atoms with van der Waals surface area (Å²) in [6.45, 7) is 5.23. The molecule has 0 saturated heterocycles. The molecule has 1 aromatic rings. The first-order chi connectivity index (χ1) is 7.33. The van der Waals surface area contributed by atoms with Crippen molar-refractivity contribution in [3.63, 3.8) is 0 Å². The molecule has 15 heavy (non-hydrogen) atoms. The maximum atomic E-state index is 5.23. The zero-order valence-electron chi connectivity index (χ0n) is 8.83. The highest BCUT2D eigenvalue weighted by atomic mass is 79.9. The first-order valence-electron chi connectivity index (χ1n) is 5.27. The molecular formula is C14H16Br. The maximum Gasteiger partial charge on any atom is 0.0175 e. The minimum absolute atomic E-state index is 1.12. The fraction of sp³-hybridized carbons (Fsp3) is 0.286. The number of halogens is 1. The van der Waals surface area contributed by atoms with Gasteiger partial charge in [0.2, 0.25) is 0 Å². The number of hydrogen-bond acceptors (Lipinski definition) is 0. The van der Waals surface area contributed by atoms with Crippen LogP contribution >= 0.6 is 15.9 Å². The molecule has 0 atom stereocenters. The van der Waals surface area contributed by atoms with Gasteiger partial charge in [0, 0.05) is 4.47 Å². The van der Waals surface area contributed by atoms with Gasteiger partial charge in [-0.05, 0) is 43.4 Å². The van der Waals surface area contributed by atoms with Crippen LogP contribution in [0, 0.1) is 6.58 Å². The highest BCUT2D eigenvalue weighted by molar-refractivity contribution is 9.10. The van der Waals surface area contributed by atoms with Gasteiger partial charge in [-0.2, -0.15) is 0 Å². The molecule has 1 rings (SSSR count). The quantitative estimate of drug-likeness (QED) is 0.515. The number of aryl methyl sites for hydroxylation is 1. The van der Waals surface area contributed by atoms with Crippen molar-refractivity contribution in [3.05, 3.63) is 59.1 Å². The minimum Gasteiger partial charge on any atom is -0.0845 e. The second-order valence-corrected chi connectivity index (χ2v) is 4.41. The Morgan fingerprint density at radius 3 is 2.53 bits per heavy atom. The zero-order valence-corrected chi connectivity index (χ0v) is 10.4. The Bertz CT molecular complexity index is 309. The summed E-state index contributed by atoms with van der Waals surface area (Å²) in [6, 6.07) is 8.54. The minimum atomic E-state index is 1.12. The van der Waals surface area contributed by atoms with Gasteiger partial charge in [0.25, 0.3) is 0 Å². The highest BCUT2D eigenvalue weighted by Crippen LogP contribution is 2.12. The van der Waals surface area contributed by atoms with Crippen LogP contribution in [0.5, 0.6) is 0 Å². The van der Waals surface area contributed by atoms with Gasteiger partial charge in [0.15, 0.2) is 0 Å². The van der Waals surface area contributed by atoms with Crippen LogP contribution in [-0.2, 0) is 6.42 Å². The van der Waals surface area contributed by atoms with E-state index in [0.29, 0.717) is 0 Å². The van der Waals surface area contributed by atoms with Crippen LogP contribution in [-0.4, -0.2) is 0 Å². The van der Waals surface area contributed by atoms with E-state index in [1.807, 2.05) is 6.08 Å². The Labute approximate surface area is 101 Å². The second kappa shape index (κ2) is 7.47. The number of allylic oxidation sites excluding steroid dienone is 3. The van der Waals surface area contributed by atoms with E-state index < -0.39 is 0 Å². The lowest BCUT2D eigenvalue weighted by molar-refractivity contribution is 0.747. The molecule has 0 aliphatic rings. The summed E-state index contributed by atoms with van der Waals surface area (Å²) in [5, 5.41) is 0. The summed E-state index contributed by atoms with van der Waals surface area (Å²) in [5.74, 6) is 0. The van der Waals surface area contributed by atoms with Crippen LogP contribution < -0.4 is 0 Å². The van der Waals surface area contributed by atoms with E-state index in [0.717, 1.165) is 17.3 Å². The molecule has 0 unspecified atom stereocenters. The molecule has 0 bridgehead atoms. The van der Waals surface area contributed by atoms with Gasteiger partial charge < -0.3 is 0 Å². The number of hydrogen-bond donors (Lipinski definition) is 0. The summed E-state index contributed by atoms with van der Waals surface area (Å²) in [7, 11) is 0. The summed E-state index contributed by atoms with van der Waals surface area (Å²) in [5.41, 5.74) is 1.41. The van der Waals surface area contributed by atoms with Crippen LogP contribution in [0.25, 0.3) is 0 Å². The number of rotatable bonds is 6. The molecule has 1 aromatic carbocycles. The summed E-state index contributed by atoms with van der Waals surface area (Å²) in [6.07, 6.45) is 10.3. The molecule has 0 nitrogen and oxygen atoms in total. The van der Waals surface area contributed by atoms with Crippen molar-refractivity contribution in [1.82, 2.24) is 0 Å². The standard InChI is InChI=1S/C14H16Br/c1-2-3-4-5-6-7-8-13-9-11-14(15)12-10-13/h1-4,9-12H,5-8H2. The molecule has 0 spiro atoms. The molecule has 0 aliphatic carbocycles. The summed E-state index contributed by atoms with van der Waals surface area (Å²) in [4.78, 5) is 0. The van der Waals surface area contributed by atoms with Crippen molar-refractivity contribution in [2.75, 3.05) is 0 Å². The second-order valence-electron chi connectivity index (χ2n) is 3.49. The average molecular weight is 264 g/mol. The van der Waals surface area contributed by atoms with Crippen LogP contribution in [0.1, 0.15) is 24.8 Å². The van der Waals surface area contributed by atoms with Gasteiger partial charge in [-0.3, -0.25) is 0 Å². The van der Waals surface area contributed by atoms with Crippen LogP contribution in [0.4, 0.5) is 0 Å². The summed E-state index contributed by atoms with van der Waals surface area (Å²) >= 11 is 3.43. The molecule has 0 fully saturated rings. The largest absolute Gasteiger partial charge is 0.0845 e. The van der Waals surface area contributed by atoms with E-state index in [1.165, 1.54) is 18.4 Å². The van der Waals surface area contributed by atoms with Gasteiger partial charge >= 0.3 is 0 Å². The first kappa shape index (κ1) is 12.3. The molecule has 0 aliphatic heterocycles. The van der Waals surface area contributed by atoms with E-state index in [4.69, 9.17) is 6.58 Å².